The highest BCUT2D eigenvalue weighted by molar-refractivity contribution is 5.37. The lowest BCUT2D eigenvalue weighted by Crippen LogP contribution is -2.74. The molecule has 0 spiro atoms. The Balaban J connectivity index is 1.67. The van der Waals surface area contributed by atoms with Crippen molar-refractivity contribution in [2.24, 2.45) is 16.2 Å². The topological polar surface area (TPSA) is 0 Å². The molecule has 6 fully saturated rings. The van der Waals surface area contributed by atoms with E-state index in [1.165, 1.54) is 0 Å². The van der Waals surface area contributed by atoms with E-state index in [9.17, 15) is 0 Å². The van der Waals surface area contributed by atoms with Gasteiger partial charge in [-0.25, -0.2) is 0 Å². The zero-order valence-corrected chi connectivity index (χ0v) is 7.24. The van der Waals surface area contributed by atoms with Gasteiger partial charge in [-0.2, -0.15) is 0 Å². The van der Waals surface area contributed by atoms with Crippen LogP contribution >= 0.6 is 0 Å². The van der Waals surface area contributed by atoms with E-state index in [-0.39, 0.29) is 0 Å². The number of hydrogen-bond acceptors (Lipinski definition) is 0. The summed E-state index contributed by atoms with van der Waals surface area (Å²) >= 11 is 0. The second kappa shape index (κ2) is 1.11. The van der Waals surface area contributed by atoms with Crippen LogP contribution in [0.15, 0.2) is 0 Å². The van der Waals surface area contributed by atoms with Crippen molar-refractivity contribution in [1.29, 1.82) is 0 Å². The molecule has 0 unspecified atom stereocenters. The molecular weight excluding hydrogens is 132 g/mol. The van der Waals surface area contributed by atoms with Crippen molar-refractivity contribution in [3.05, 3.63) is 5.92 Å². The molecule has 6 rings (SSSR count). The second-order valence-electron chi connectivity index (χ2n) is 6.18. The standard InChI is InChI=1S/C11H15/c1-9-5-11(6-9,7-9)10-2-8(3-10)4-10/h2-7H2,1H3. The molecule has 0 nitrogen and oxygen atoms in total. The normalized spacial score (nSPS) is 61.9. The van der Waals surface area contributed by atoms with Gasteiger partial charge in [-0.3, -0.25) is 0 Å². The van der Waals surface area contributed by atoms with Crippen molar-refractivity contribution < 1.29 is 0 Å². The minimum atomic E-state index is 0.833. The maximum Gasteiger partial charge on any atom is -0.0224 e. The summed E-state index contributed by atoms with van der Waals surface area (Å²) in [6, 6.07) is 0. The molecule has 0 atom stereocenters. The maximum absolute atomic E-state index is 2.48. The van der Waals surface area contributed by atoms with E-state index in [0.717, 1.165) is 16.2 Å². The molecule has 0 heterocycles. The van der Waals surface area contributed by atoms with Crippen LogP contribution in [-0.2, 0) is 0 Å². The van der Waals surface area contributed by atoms with Crippen LogP contribution in [-0.4, -0.2) is 0 Å². The van der Waals surface area contributed by atoms with Crippen LogP contribution in [0.25, 0.3) is 0 Å². The molecule has 0 aromatic rings. The first kappa shape index (κ1) is 5.61. The van der Waals surface area contributed by atoms with Crippen LogP contribution in [0.3, 0.4) is 0 Å². The summed E-state index contributed by atoms with van der Waals surface area (Å²) < 4.78 is 0. The minimum absolute atomic E-state index is 0.833. The van der Waals surface area contributed by atoms with E-state index < -0.39 is 0 Å². The quantitative estimate of drug-likeness (QED) is 0.535. The summed E-state index contributed by atoms with van der Waals surface area (Å²) in [6.07, 6.45) is 9.41. The Morgan fingerprint density at radius 3 is 1.73 bits per heavy atom. The first-order valence-corrected chi connectivity index (χ1v) is 4.99. The largest absolute Gasteiger partial charge is 0.0596 e. The zero-order valence-electron chi connectivity index (χ0n) is 7.24. The Bertz CT molecular complexity index is 214. The molecule has 4 bridgehead atoms. The SMILES string of the molecule is CC12CC(C34C[C](C3)C4)(C1)C2. The lowest BCUT2D eigenvalue weighted by atomic mass is 9.20. The van der Waals surface area contributed by atoms with Gasteiger partial charge in [0.05, 0.1) is 0 Å². The summed E-state index contributed by atoms with van der Waals surface area (Å²) in [5.74, 6) is 1.89. The van der Waals surface area contributed by atoms with Gasteiger partial charge < -0.3 is 0 Å². The first-order valence-electron chi connectivity index (χ1n) is 4.99. The van der Waals surface area contributed by atoms with Crippen molar-refractivity contribution in [2.75, 3.05) is 0 Å². The smallest absolute Gasteiger partial charge is 0.0224 e. The molecule has 0 aliphatic heterocycles. The summed E-state index contributed by atoms with van der Waals surface area (Å²) in [7, 11) is 0. The molecule has 0 heteroatoms. The lowest BCUT2D eigenvalue weighted by molar-refractivity contribution is -0.309. The zero-order chi connectivity index (χ0) is 7.32. The van der Waals surface area contributed by atoms with Crippen LogP contribution < -0.4 is 0 Å². The molecule has 0 aromatic carbocycles. The van der Waals surface area contributed by atoms with Gasteiger partial charge in [-0.1, -0.05) is 6.92 Å². The molecular formula is C11H15. The molecule has 0 N–H and O–H groups in total. The van der Waals surface area contributed by atoms with E-state index in [4.69, 9.17) is 0 Å². The average Bonchev–Trinajstić information content (AvgIpc) is 1.48. The minimum Gasteiger partial charge on any atom is -0.0596 e. The third-order valence-corrected chi connectivity index (χ3v) is 5.19. The van der Waals surface area contributed by atoms with Gasteiger partial charge >= 0.3 is 0 Å². The van der Waals surface area contributed by atoms with Crippen LogP contribution in [0.1, 0.15) is 45.4 Å². The Hall–Kier alpha value is 0. The van der Waals surface area contributed by atoms with Crippen molar-refractivity contribution >= 4 is 0 Å². The van der Waals surface area contributed by atoms with Gasteiger partial charge in [0, 0.05) is 0 Å². The number of rotatable bonds is 1. The average molecular weight is 147 g/mol. The fourth-order valence-electron chi connectivity index (χ4n) is 4.70. The molecule has 0 aromatic heterocycles. The van der Waals surface area contributed by atoms with E-state index in [1.54, 1.807) is 38.5 Å². The molecule has 0 amide bonds. The Kier molecular flexibility index (Phi) is 0.567. The van der Waals surface area contributed by atoms with Crippen molar-refractivity contribution in [3.63, 3.8) is 0 Å². The predicted octanol–water partition coefficient (Wildman–Crippen LogP) is 2.93. The molecule has 6 aliphatic rings. The summed E-state index contributed by atoms with van der Waals surface area (Å²) in [5, 5.41) is 0. The predicted molar refractivity (Wildman–Crippen MR) is 43.9 cm³/mol. The monoisotopic (exact) mass is 147 g/mol. The van der Waals surface area contributed by atoms with Crippen LogP contribution in [0.5, 0.6) is 0 Å². The van der Waals surface area contributed by atoms with Crippen LogP contribution in [0.2, 0.25) is 0 Å². The highest BCUT2D eigenvalue weighted by Gasteiger charge is 2.78. The van der Waals surface area contributed by atoms with Gasteiger partial charge in [-0.05, 0) is 60.7 Å². The van der Waals surface area contributed by atoms with Crippen molar-refractivity contribution in [3.8, 4) is 0 Å². The fraction of sp³-hybridized carbons (Fsp3) is 0.909. The maximum atomic E-state index is 2.48. The van der Waals surface area contributed by atoms with Gasteiger partial charge in [-0.15, -0.1) is 0 Å². The Labute approximate surface area is 68.4 Å². The molecule has 6 aliphatic carbocycles. The van der Waals surface area contributed by atoms with Crippen molar-refractivity contribution in [1.82, 2.24) is 0 Å². The van der Waals surface area contributed by atoms with E-state index in [1.807, 2.05) is 5.92 Å². The van der Waals surface area contributed by atoms with E-state index >= 15 is 0 Å². The third-order valence-electron chi connectivity index (χ3n) is 5.19. The van der Waals surface area contributed by atoms with Crippen LogP contribution in [0, 0.1) is 22.2 Å². The Morgan fingerprint density at radius 2 is 1.45 bits per heavy atom. The van der Waals surface area contributed by atoms with Crippen LogP contribution in [0.4, 0.5) is 0 Å². The third kappa shape index (κ3) is 0.363. The van der Waals surface area contributed by atoms with E-state index in [0.29, 0.717) is 0 Å². The first-order chi connectivity index (χ1) is 5.16. The van der Waals surface area contributed by atoms with Gasteiger partial charge in [0.15, 0.2) is 0 Å². The van der Waals surface area contributed by atoms with Gasteiger partial charge in [0.1, 0.15) is 0 Å². The second-order valence-corrected chi connectivity index (χ2v) is 6.18. The lowest BCUT2D eigenvalue weighted by Gasteiger charge is -2.84. The van der Waals surface area contributed by atoms with Gasteiger partial charge in [0.2, 0.25) is 0 Å². The van der Waals surface area contributed by atoms with Gasteiger partial charge in [0.25, 0.3) is 0 Å². The molecule has 6 saturated carbocycles. The molecule has 1 radical (unpaired) electrons. The molecule has 11 heavy (non-hydrogen) atoms. The van der Waals surface area contributed by atoms with E-state index in [2.05, 4.69) is 6.92 Å². The Morgan fingerprint density at radius 1 is 0.909 bits per heavy atom. The number of hydrogen-bond donors (Lipinski definition) is 0. The highest BCUT2D eigenvalue weighted by Crippen LogP contribution is 2.88. The fourth-order valence-corrected chi connectivity index (χ4v) is 4.70. The summed E-state index contributed by atoms with van der Waals surface area (Å²) in [4.78, 5) is 0. The summed E-state index contributed by atoms with van der Waals surface area (Å²) in [6.45, 7) is 2.48. The summed E-state index contributed by atoms with van der Waals surface area (Å²) in [5.41, 5.74) is 2.64. The van der Waals surface area contributed by atoms with Crippen molar-refractivity contribution in [2.45, 2.75) is 45.4 Å². The molecule has 59 valence electrons. The highest BCUT2D eigenvalue weighted by atomic mass is 14.8. The molecule has 0 saturated heterocycles.